The molecule has 0 heterocycles. The molecule has 2 heteroatoms. The van der Waals surface area contributed by atoms with Crippen molar-refractivity contribution in [1.29, 1.82) is 0 Å². The summed E-state index contributed by atoms with van der Waals surface area (Å²) in [4.78, 5) is 2.23. The van der Waals surface area contributed by atoms with E-state index in [0.717, 1.165) is 19.4 Å². The van der Waals surface area contributed by atoms with Crippen LogP contribution in [0.1, 0.15) is 40.5 Å². The van der Waals surface area contributed by atoms with E-state index >= 15 is 0 Å². The van der Waals surface area contributed by atoms with E-state index in [-0.39, 0.29) is 5.54 Å². The van der Waals surface area contributed by atoms with Gasteiger partial charge in [0, 0.05) is 12.1 Å². The molecule has 0 bridgehead atoms. The SMILES string of the molecule is CCCOC(CC)C(C)(C)N(C)C. The zero-order chi connectivity index (χ0) is 10.5. The van der Waals surface area contributed by atoms with Gasteiger partial charge >= 0.3 is 0 Å². The lowest BCUT2D eigenvalue weighted by molar-refractivity contribution is -0.0428. The summed E-state index contributed by atoms with van der Waals surface area (Å²) in [5.74, 6) is 0. The molecule has 2 nitrogen and oxygen atoms in total. The summed E-state index contributed by atoms with van der Waals surface area (Å²) in [7, 11) is 4.22. The van der Waals surface area contributed by atoms with Crippen LogP contribution in [0.5, 0.6) is 0 Å². The van der Waals surface area contributed by atoms with E-state index in [4.69, 9.17) is 4.74 Å². The molecule has 0 N–H and O–H groups in total. The normalized spacial score (nSPS) is 15.0. The molecule has 0 aliphatic carbocycles. The third kappa shape index (κ3) is 3.65. The Hall–Kier alpha value is -0.0800. The number of hydrogen-bond donors (Lipinski definition) is 0. The molecule has 0 rings (SSSR count). The van der Waals surface area contributed by atoms with Gasteiger partial charge in [-0.3, -0.25) is 0 Å². The van der Waals surface area contributed by atoms with E-state index in [2.05, 4.69) is 46.7 Å². The summed E-state index contributed by atoms with van der Waals surface area (Å²) in [6, 6.07) is 0. The van der Waals surface area contributed by atoms with E-state index in [9.17, 15) is 0 Å². The van der Waals surface area contributed by atoms with Gasteiger partial charge in [-0.25, -0.2) is 0 Å². The van der Waals surface area contributed by atoms with Crippen LogP contribution in [-0.4, -0.2) is 37.2 Å². The highest BCUT2D eigenvalue weighted by molar-refractivity contribution is 4.86. The van der Waals surface area contributed by atoms with Crippen LogP contribution in [0.15, 0.2) is 0 Å². The number of hydrogen-bond acceptors (Lipinski definition) is 2. The van der Waals surface area contributed by atoms with Gasteiger partial charge in [-0.15, -0.1) is 0 Å². The minimum atomic E-state index is 0.129. The molecule has 0 radical (unpaired) electrons. The molecule has 1 unspecified atom stereocenters. The van der Waals surface area contributed by atoms with Gasteiger partial charge in [0.1, 0.15) is 0 Å². The van der Waals surface area contributed by atoms with E-state index in [1.54, 1.807) is 0 Å². The average molecular weight is 187 g/mol. The predicted octanol–water partition coefficient (Wildman–Crippen LogP) is 2.53. The summed E-state index contributed by atoms with van der Waals surface area (Å²) in [5.41, 5.74) is 0.129. The Bertz CT molecular complexity index is 132. The molecule has 80 valence electrons. The molecule has 0 amide bonds. The minimum Gasteiger partial charge on any atom is -0.376 e. The Morgan fingerprint density at radius 3 is 2.08 bits per heavy atom. The topological polar surface area (TPSA) is 12.5 Å². The molecule has 0 aliphatic rings. The molecule has 0 aliphatic heterocycles. The van der Waals surface area contributed by atoms with Gasteiger partial charge in [0.05, 0.1) is 6.10 Å². The number of rotatable bonds is 6. The standard InChI is InChI=1S/C11H25NO/c1-7-9-13-10(8-2)11(3,4)12(5)6/h10H,7-9H2,1-6H3. The maximum absolute atomic E-state index is 5.82. The highest BCUT2D eigenvalue weighted by atomic mass is 16.5. The minimum absolute atomic E-state index is 0.129. The van der Waals surface area contributed by atoms with Crippen molar-refractivity contribution in [1.82, 2.24) is 4.90 Å². The van der Waals surface area contributed by atoms with Crippen LogP contribution in [0.4, 0.5) is 0 Å². The van der Waals surface area contributed by atoms with Crippen molar-refractivity contribution in [3.05, 3.63) is 0 Å². The van der Waals surface area contributed by atoms with Gasteiger partial charge < -0.3 is 9.64 Å². The van der Waals surface area contributed by atoms with Crippen LogP contribution in [0.25, 0.3) is 0 Å². The molecule has 0 spiro atoms. The largest absolute Gasteiger partial charge is 0.376 e. The van der Waals surface area contributed by atoms with Crippen LogP contribution in [0, 0.1) is 0 Å². The summed E-state index contributed by atoms with van der Waals surface area (Å²) in [5, 5.41) is 0. The fourth-order valence-electron chi connectivity index (χ4n) is 1.37. The van der Waals surface area contributed by atoms with Gasteiger partial charge in [0.2, 0.25) is 0 Å². The van der Waals surface area contributed by atoms with Crippen molar-refractivity contribution < 1.29 is 4.74 Å². The lowest BCUT2D eigenvalue weighted by Gasteiger charge is -2.39. The first kappa shape index (κ1) is 12.9. The maximum Gasteiger partial charge on any atom is 0.0750 e. The second-order valence-electron chi connectivity index (χ2n) is 4.32. The molecule has 0 saturated carbocycles. The lowest BCUT2D eigenvalue weighted by Crippen LogP contribution is -2.49. The first-order chi connectivity index (χ1) is 5.96. The molecular weight excluding hydrogens is 162 g/mol. The summed E-state index contributed by atoms with van der Waals surface area (Å²) >= 11 is 0. The van der Waals surface area contributed by atoms with Crippen molar-refractivity contribution in [2.24, 2.45) is 0 Å². The molecule has 0 fully saturated rings. The van der Waals surface area contributed by atoms with Crippen LogP contribution in [0.3, 0.4) is 0 Å². The molecule has 1 atom stereocenters. The lowest BCUT2D eigenvalue weighted by atomic mass is 9.94. The third-order valence-corrected chi connectivity index (χ3v) is 2.83. The molecule has 0 aromatic rings. The predicted molar refractivity (Wildman–Crippen MR) is 58.1 cm³/mol. The summed E-state index contributed by atoms with van der Waals surface area (Å²) in [6.45, 7) is 9.67. The zero-order valence-electron chi connectivity index (χ0n) is 10.1. The highest BCUT2D eigenvalue weighted by Crippen LogP contribution is 2.21. The number of likely N-dealkylation sites (N-methyl/N-ethyl adjacent to an activating group) is 1. The molecular formula is C11H25NO. The Labute approximate surface area is 83.3 Å². The monoisotopic (exact) mass is 187 g/mol. The highest BCUT2D eigenvalue weighted by Gasteiger charge is 2.30. The Morgan fingerprint density at radius 2 is 1.77 bits per heavy atom. The summed E-state index contributed by atoms with van der Waals surface area (Å²) in [6.07, 6.45) is 2.51. The Balaban J connectivity index is 4.19. The average Bonchev–Trinajstić information content (AvgIpc) is 2.05. The Morgan fingerprint density at radius 1 is 1.23 bits per heavy atom. The number of ether oxygens (including phenoxy) is 1. The maximum atomic E-state index is 5.82. The van der Waals surface area contributed by atoms with Crippen LogP contribution in [-0.2, 0) is 4.74 Å². The first-order valence-corrected chi connectivity index (χ1v) is 5.25. The molecule has 0 saturated heterocycles. The van der Waals surface area contributed by atoms with Crippen molar-refractivity contribution in [2.45, 2.75) is 52.2 Å². The van der Waals surface area contributed by atoms with E-state index in [0.29, 0.717) is 6.10 Å². The summed E-state index contributed by atoms with van der Waals surface area (Å²) < 4.78 is 5.82. The van der Waals surface area contributed by atoms with E-state index < -0.39 is 0 Å². The first-order valence-electron chi connectivity index (χ1n) is 5.25. The van der Waals surface area contributed by atoms with Gasteiger partial charge in [-0.2, -0.15) is 0 Å². The molecule has 0 aromatic carbocycles. The Kier molecular flexibility index (Phi) is 5.57. The van der Waals surface area contributed by atoms with E-state index in [1.165, 1.54) is 0 Å². The van der Waals surface area contributed by atoms with Crippen molar-refractivity contribution in [3.63, 3.8) is 0 Å². The molecule has 13 heavy (non-hydrogen) atoms. The van der Waals surface area contributed by atoms with Gasteiger partial charge in [0.15, 0.2) is 0 Å². The zero-order valence-corrected chi connectivity index (χ0v) is 10.1. The molecule has 0 aromatic heterocycles. The fraction of sp³-hybridized carbons (Fsp3) is 1.00. The van der Waals surface area contributed by atoms with Crippen molar-refractivity contribution in [2.75, 3.05) is 20.7 Å². The van der Waals surface area contributed by atoms with Crippen LogP contribution < -0.4 is 0 Å². The van der Waals surface area contributed by atoms with Crippen molar-refractivity contribution >= 4 is 0 Å². The smallest absolute Gasteiger partial charge is 0.0750 e. The second kappa shape index (κ2) is 5.61. The number of nitrogens with zero attached hydrogens (tertiary/aromatic N) is 1. The van der Waals surface area contributed by atoms with Crippen LogP contribution >= 0.6 is 0 Å². The van der Waals surface area contributed by atoms with Crippen LogP contribution in [0.2, 0.25) is 0 Å². The van der Waals surface area contributed by atoms with Gasteiger partial charge in [0.25, 0.3) is 0 Å². The quantitative estimate of drug-likeness (QED) is 0.633. The second-order valence-corrected chi connectivity index (χ2v) is 4.32. The third-order valence-electron chi connectivity index (χ3n) is 2.83. The van der Waals surface area contributed by atoms with Gasteiger partial charge in [-0.05, 0) is 40.8 Å². The fourth-order valence-corrected chi connectivity index (χ4v) is 1.37. The van der Waals surface area contributed by atoms with Crippen molar-refractivity contribution in [3.8, 4) is 0 Å². The van der Waals surface area contributed by atoms with Gasteiger partial charge in [-0.1, -0.05) is 13.8 Å². The van der Waals surface area contributed by atoms with E-state index in [1.807, 2.05) is 0 Å².